The Morgan fingerprint density at radius 1 is 1.27 bits per heavy atom. The Balaban J connectivity index is 1.84. The molecule has 1 heterocycles. The number of amides is 1. The monoisotopic (exact) mass is 314 g/mol. The largest absolute Gasteiger partial charge is 0.497 e. The zero-order valence-electron chi connectivity index (χ0n) is 11.9. The minimum absolute atomic E-state index is 0.271. The van der Waals surface area contributed by atoms with Gasteiger partial charge in [-0.3, -0.25) is 4.79 Å². The van der Waals surface area contributed by atoms with Crippen molar-refractivity contribution in [2.24, 2.45) is 5.73 Å². The molecule has 112 valence electrons. The number of thiazole rings is 1. The lowest BCUT2D eigenvalue weighted by atomic mass is 10.2. The fourth-order valence-electron chi connectivity index (χ4n) is 2.07. The molecular formula is C16H14N2O3S. The normalized spacial score (nSPS) is 10.6. The first-order chi connectivity index (χ1) is 10.7. The first-order valence-corrected chi connectivity index (χ1v) is 7.44. The Labute approximate surface area is 131 Å². The van der Waals surface area contributed by atoms with E-state index in [2.05, 4.69) is 4.98 Å². The lowest BCUT2D eigenvalue weighted by molar-refractivity contribution is 0.0996. The molecule has 0 spiro atoms. The predicted molar refractivity (Wildman–Crippen MR) is 85.5 cm³/mol. The summed E-state index contributed by atoms with van der Waals surface area (Å²) >= 11 is 1.56. The van der Waals surface area contributed by atoms with E-state index in [4.69, 9.17) is 15.2 Å². The lowest BCUT2D eigenvalue weighted by Crippen LogP contribution is -2.13. The van der Waals surface area contributed by atoms with Crippen molar-refractivity contribution in [1.82, 2.24) is 4.98 Å². The molecule has 22 heavy (non-hydrogen) atoms. The molecule has 1 amide bonds. The summed E-state index contributed by atoms with van der Waals surface area (Å²) in [7, 11) is 1.55. The van der Waals surface area contributed by atoms with Gasteiger partial charge in [-0.15, -0.1) is 11.3 Å². The first-order valence-electron chi connectivity index (χ1n) is 6.62. The van der Waals surface area contributed by atoms with Crippen LogP contribution in [0.5, 0.6) is 11.5 Å². The van der Waals surface area contributed by atoms with E-state index < -0.39 is 5.91 Å². The van der Waals surface area contributed by atoms with Gasteiger partial charge in [0.1, 0.15) is 23.1 Å². The minimum Gasteiger partial charge on any atom is -0.497 e. The van der Waals surface area contributed by atoms with Gasteiger partial charge in [-0.2, -0.15) is 0 Å². The molecule has 6 heteroatoms. The van der Waals surface area contributed by atoms with E-state index in [1.54, 1.807) is 36.6 Å². The van der Waals surface area contributed by atoms with Crippen LogP contribution in [0.15, 0.2) is 42.5 Å². The number of aromatic nitrogens is 1. The van der Waals surface area contributed by atoms with Crippen LogP contribution in [0.3, 0.4) is 0 Å². The van der Waals surface area contributed by atoms with Gasteiger partial charge in [0.05, 0.1) is 22.9 Å². The fraction of sp³-hybridized carbons (Fsp3) is 0.125. The molecule has 1 aromatic heterocycles. The number of nitrogens with two attached hydrogens (primary N) is 1. The molecular weight excluding hydrogens is 300 g/mol. The van der Waals surface area contributed by atoms with Crippen molar-refractivity contribution in [3.63, 3.8) is 0 Å². The number of carbonyl (C=O) groups excluding carboxylic acids is 1. The SMILES string of the molecule is COc1ccc(C(N)=O)c(OCc2nc3ccccc3s2)c1. The van der Waals surface area contributed by atoms with Crippen LogP contribution in [0.25, 0.3) is 10.2 Å². The number of hydrogen-bond donors (Lipinski definition) is 1. The number of primary amides is 1. The summed E-state index contributed by atoms with van der Waals surface area (Å²) in [5.74, 6) is 0.456. The number of nitrogens with zero attached hydrogens (tertiary/aromatic N) is 1. The van der Waals surface area contributed by atoms with Crippen molar-refractivity contribution in [1.29, 1.82) is 0 Å². The van der Waals surface area contributed by atoms with Crippen molar-refractivity contribution in [3.05, 3.63) is 53.0 Å². The Hall–Kier alpha value is -2.60. The Morgan fingerprint density at radius 3 is 2.82 bits per heavy atom. The fourth-order valence-corrected chi connectivity index (χ4v) is 2.95. The smallest absolute Gasteiger partial charge is 0.252 e. The zero-order chi connectivity index (χ0) is 15.5. The average Bonchev–Trinajstić information content (AvgIpc) is 2.95. The van der Waals surface area contributed by atoms with Crippen LogP contribution in [0, 0.1) is 0 Å². The molecule has 0 atom stereocenters. The van der Waals surface area contributed by atoms with E-state index >= 15 is 0 Å². The van der Waals surface area contributed by atoms with Crippen LogP contribution in [0.4, 0.5) is 0 Å². The lowest BCUT2D eigenvalue weighted by Gasteiger charge is -2.10. The summed E-state index contributed by atoms with van der Waals surface area (Å²) in [5.41, 5.74) is 6.62. The summed E-state index contributed by atoms with van der Waals surface area (Å²) in [6.07, 6.45) is 0. The summed E-state index contributed by atoms with van der Waals surface area (Å²) in [6.45, 7) is 0.271. The number of hydrogen-bond acceptors (Lipinski definition) is 5. The molecule has 3 aromatic rings. The van der Waals surface area contributed by atoms with Crippen molar-refractivity contribution < 1.29 is 14.3 Å². The van der Waals surface area contributed by atoms with Gasteiger partial charge in [0.2, 0.25) is 0 Å². The molecule has 0 unspecified atom stereocenters. The topological polar surface area (TPSA) is 74.4 Å². The maximum atomic E-state index is 11.5. The first kappa shape index (κ1) is 14.3. The number of carbonyl (C=O) groups is 1. The van der Waals surface area contributed by atoms with Crippen LogP contribution in [-0.2, 0) is 6.61 Å². The molecule has 2 aromatic carbocycles. The van der Waals surface area contributed by atoms with Gasteiger partial charge < -0.3 is 15.2 Å². The Morgan fingerprint density at radius 2 is 2.09 bits per heavy atom. The van der Waals surface area contributed by atoms with E-state index in [1.165, 1.54) is 0 Å². The molecule has 5 nitrogen and oxygen atoms in total. The molecule has 0 aliphatic carbocycles. The van der Waals surface area contributed by atoms with E-state index in [0.29, 0.717) is 17.1 Å². The Kier molecular flexibility index (Phi) is 3.93. The summed E-state index contributed by atoms with van der Waals surface area (Å²) in [4.78, 5) is 16.0. The molecule has 2 N–H and O–H groups in total. The number of methoxy groups -OCH3 is 1. The highest BCUT2D eigenvalue weighted by molar-refractivity contribution is 7.18. The highest BCUT2D eigenvalue weighted by Crippen LogP contribution is 2.27. The molecule has 0 bridgehead atoms. The number of rotatable bonds is 5. The summed E-state index contributed by atoms with van der Waals surface area (Å²) < 4.78 is 12.0. The van der Waals surface area contributed by atoms with Crippen LogP contribution in [-0.4, -0.2) is 18.0 Å². The van der Waals surface area contributed by atoms with Crippen LogP contribution in [0.2, 0.25) is 0 Å². The second kappa shape index (κ2) is 6.03. The Bertz CT molecular complexity index is 796. The van der Waals surface area contributed by atoms with Crippen LogP contribution >= 0.6 is 11.3 Å². The number of benzene rings is 2. The van der Waals surface area contributed by atoms with E-state index in [9.17, 15) is 4.79 Å². The number of ether oxygens (including phenoxy) is 2. The van der Waals surface area contributed by atoms with E-state index in [0.717, 1.165) is 15.2 Å². The van der Waals surface area contributed by atoms with E-state index in [1.807, 2.05) is 24.3 Å². The summed E-state index contributed by atoms with van der Waals surface area (Å²) in [5, 5.41) is 0.833. The quantitative estimate of drug-likeness (QED) is 0.785. The highest BCUT2D eigenvalue weighted by atomic mass is 32.1. The minimum atomic E-state index is -0.540. The van der Waals surface area contributed by atoms with Gasteiger partial charge in [0, 0.05) is 6.07 Å². The van der Waals surface area contributed by atoms with Gasteiger partial charge >= 0.3 is 0 Å². The summed E-state index contributed by atoms with van der Waals surface area (Å²) in [6, 6.07) is 12.8. The molecule has 0 aliphatic rings. The third-order valence-corrected chi connectivity index (χ3v) is 4.15. The third-order valence-electron chi connectivity index (χ3n) is 3.14. The van der Waals surface area contributed by atoms with Crippen LogP contribution < -0.4 is 15.2 Å². The molecule has 0 saturated heterocycles. The van der Waals surface area contributed by atoms with Gasteiger partial charge in [-0.25, -0.2) is 4.98 Å². The molecule has 0 radical (unpaired) electrons. The second-order valence-electron chi connectivity index (χ2n) is 4.59. The van der Waals surface area contributed by atoms with Crippen molar-refractivity contribution in [3.8, 4) is 11.5 Å². The molecule has 0 fully saturated rings. The highest BCUT2D eigenvalue weighted by Gasteiger charge is 2.12. The number of para-hydroxylation sites is 1. The second-order valence-corrected chi connectivity index (χ2v) is 5.71. The average molecular weight is 314 g/mol. The van der Waals surface area contributed by atoms with Crippen molar-refractivity contribution >= 4 is 27.5 Å². The van der Waals surface area contributed by atoms with Gasteiger partial charge in [0.15, 0.2) is 0 Å². The maximum absolute atomic E-state index is 11.5. The van der Waals surface area contributed by atoms with Gasteiger partial charge in [-0.1, -0.05) is 12.1 Å². The van der Waals surface area contributed by atoms with Crippen molar-refractivity contribution in [2.75, 3.05) is 7.11 Å². The number of fused-ring (bicyclic) bond motifs is 1. The van der Waals surface area contributed by atoms with Gasteiger partial charge in [0.25, 0.3) is 5.91 Å². The predicted octanol–water partition coefficient (Wildman–Crippen LogP) is 2.98. The molecule has 0 saturated carbocycles. The van der Waals surface area contributed by atoms with Crippen LogP contribution in [0.1, 0.15) is 15.4 Å². The maximum Gasteiger partial charge on any atom is 0.252 e. The molecule has 3 rings (SSSR count). The van der Waals surface area contributed by atoms with E-state index in [-0.39, 0.29) is 6.61 Å². The van der Waals surface area contributed by atoms with Gasteiger partial charge in [-0.05, 0) is 24.3 Å². The van der Waals surface area contributed by atoms with Crippen molar-refractivity contribution in [2.45, 2.75) is 6.61 Å². The standard InChI is InChI=1S/C16H14N2O3S/c1-20-10-6-7-11(16(17)19)13(8-10)21-9-15-18-12-4-2-3-5-14(12)22-15/h2-8H,9H2,1H3,(H2,17,19). The third kappa shape index (κ3) is 2.87. The zero-order valence-corrected chi connectivity index (χ0v) is 12.7. The molecule has 0 aliphatic heterocycles.